The molecule has 0 spiro atoms. The van der Waals surface area contributed by atoms with Crippen molar-refractivity contribution in [1.82, 2.24) is 0 Å². The highest BCUT2D eigenvalue weighted by Crippen LogP contribution is 2.12. The molecule has 0 saturated heterocycles. The Balaban J connectivity index is 2.70. The third kappa shape index (κ3) is 2.73. The molecule has 0 aliphatic carbocycles. The molecule has 0 fully saturated rings. The SMILES string of the molecule is C/C=C(\C)C(=O)Oc1ccc(C)cc1. The first kappa shape index (κ1) is 10.5. The zero-order chi connectivity index (χ0) is 10.6. The number of ether oxygens (including phenoxy) is 1. The molecule has 2 heteroatoms. The van der Waals surface area contributed by atoms with Gasteiger partial charge in [0.1, 0.15) is 5.75 Å². The van der Waals surface area contributed by atoms with Crippen LogP contribution in [0.15, 0.2) is 35.9 Å². The van der Waals surface area contributed by atoms with Crippen LogP contribution in [0.3, 0.4) is 0 Å². The lowest BCUT2D eigenvalue weighted by Gasteiger charge is -2.03. The highest BCUT2D eigenvalue weighted by atomic mass is 16.5. The molecule has 1 aromatic rings. The predicted molar refractivity (Wildman–Crippen MR) is 56.2 cm³/mol. The van der Waals surface area contributed by atoms with Gasteiger partial charge in [0.15, 0.2) is 0 Å². The fourth-order valence-electron chi connectivity index (χ4n) is 0.912. The Labute approximate surface area is 84.2 Å². The van der Waals surface area contributed by atoms with E-state index in [1.54, 1.807) is 25.1 Å². The van der Waals surface area contributed by atoms with Gasteiger partial charge in [-0.05, 0) is 32.9 Å². The summed E-state index contributed by atoms with van der Waals surface area (Å²) in [7, 11) is 0. The van der Waals surface area contributed by atoms with Gasteiger partial charge in [-0.2, -0.15) is 0 Å². The van der Waals surface area contributed by atoms with Crippen LogP contribution in [-0.4, -0.2) is 5.97 Å². The van der Waals surface area contributed by atoms with E-state index in [2.05, 4.69) is 0 Å². The average Bonchev–Trinajstić information content (AvgIpc) is 2.20. The van der Waals surface area contributed by atoms with E-state index in [0.717, 1.165) is 5.56 Å². The van der Waals surface area contributed by atoms with Crippen molar-refractivity contribution in [1.29, 1.82) is 0 Å². The zero-order valence-corrected chi connectivity index (χ0v) is 8.70. The second kappa shape index (κ2) is 4.61. The predicted octanol–water partition coefficient (Wildman–Crippen LogP) is 2.87. The van der Waals surface area contributed by atoms with Crippen molar-refractivity contribution in [2.24, 2.45) is 0 Å². The maximum atomic E-state index is 11.3. The smallest absolute Gasteiger partial charge is 0.338 e. The van der Waals surface area contributed by atoms with Gasteiger partial charge in [-0.15, -0.1) is 0 Å². The Morgan fingerprint density at radius 2 is 1.86 bits per heavy atom. The van der Waals surface area contributed by atoms with Crippen LogP contribution in [0.2, 0.25) is 0 Å². The summed E-state index contributed by atoms with van der Waals surface area (Å²) in [5, 5.41) is 0. The highest BCUT2D eigenvalue weighted by molar-refractivity contribution is 5.89. The minimum Gasteiger partial charge on any atom is -0.423 e. The molecule has 0 unspecified atom stereocenters. The van der Waals surface area contributed by atoms with Crippen molar-refractivity contribution >= 4 is 5.97 Å². The van der Waals surface area contributed by atoms with Crippen LogP contribution in [0, 0.1) is 6.92 Å². The van der Waals surface area contributed by atoms with E-state index < -0.39 is 0 Å². The van der Waals surface area contributed by atoms with Crippen molar-refractivity contribution in [3.8, 4) is 5.75 Å². The lowest BCUT2D eigenvalue weighted by molar-refractivity contribution is -0.130. The van der Waals surface area contributed by atoms with Crippen LogP contribution in [0.4, 0.5) is 0 Å². The number of esters is 1. The molecule has 0 aliphatic heterocycles. The van der Waals surface area contributed by atoms with E-state index in [4.69, 9.17) is 4.74 Å². The van der Waals surface area contributed by atoms with E-state index in [1.807, 2.05) is 26.0 Å². The Morgan fingerprint density at radius 1 is 1.29 bits per heavy atom. The normalized spacial score (nSPS) is 11.2. The number of carbonyl (C=O) groups excluding carboxylic acids is 1. The minimum absolute atomic E-state index is 0.295. The largest absolute Gasteiger partial charge is 0.423 e. The summed E-state index contributed by atoms with van der Waals surface area (Å²) in [5.74, 6) is 0.290. The number of hydrogen-bond acceptors (Lipinski definition) is 2. The lowest BCUT2D eigenvalue weighted by Crippen LogP contribution is -2.08. The molecule has 0 heterocycles. The first-order valence-electron chi connectivity index (χ1n) is 4.55. The topological polar surface area (TPSA) is 26.3 Å². The van der Waals surface area contributed by atoms with Gasteiger partial charge in [-0.1, -0.05) is 23.8 Å². The molecule has 0 aliphatic rings. The molecule has 0 atom stereocenters. The minimum atomic E-state index is -0.295. The highest BCUT2D eigenvalue weighted by Gasteiger charge is 2.05. The summed E-state index contributed by atoms with van der Waals surface area (Å²) in [4.78, 5) is 11.3. The monoisotopic (exact) mass is 190 g/mol. The van der Waals surface area contributed by atoms with Crippen LogP contribution in [-0.2, 0) is 4.79 Å². The van der Waals surface area contributed by atoms with E-state index in [1.165, 1.54) is 0 Å². The van der Waals surface area contributed by atoms with Crippen molar-refractivity contribution in [3.63, 3.8) is 0 Å². The molecule has 1 aromatic carbocycles. The van der Waals surface area contributed by atoms with Gasteiger partial charge in [0.25, 0.3) is 0 Å². The molecule has 74 valence electrons. The van der Waals surface area contributed by atoms with Gasteiger partial charge in [-0.25, -0.2) is 4.79 Å². The van der Waals surface area contributed by atoms with E-state index in [9.17, 15) is 4.79 Å². The van der Waals surface area contributed by atoms with E-state index in [-0.39, 0.29) is 5.97 Å². The number of rotatable bonds is 2. The molecular formula is C12H14O2. The molecule has 0 radical (unpaired) electrons. The third-order valence-corrected chi connectivity index (χ3v) is 1.99. The van der Waals surface area contributed by atoms with Gasteiger partial charge < -0.3 is 4.74 Å². The van der Waals surface area contributed by atoms with Crippen molar-refractivity contribution in [2.75, 3.05) is 0 Å². The molecule has 0 bridgehead atoms. The number of carbonyl (C=O) groups is 1. The summed E-state index contributed by atoms with van der Waals surface area (Å²) in [6.07, 6.45) is 1.73. The van der Waals surface area contributed by atoms with Crippen LogP contribution in [0.25, 0.3) is 0 Å². The fourth-order valence-corrected chi connectivity index (χ4v) is 0.912. The standard InChI is InChI=1S/C12H14O2/c1-4-10(3)12(13)14-11-7-5-9(2)6-8-11/h4-8H,1-3H3/b10-4+. The summed E-state index contributed by atoms with van der Waals surface area (Å²) < 4.78 is 5.11. The lowest BCUT2D eigenvalue weighted by atomic mass is 10.2. The van der Waals surface area contributed by atoms with Gasteiger partial charge in [-0.3, -0.25) is 0 Å². The summed E-state index contributed by atoms with van der Waals surface area (Å²) >= 11 is 0. The first-order chi connectivity index (χ1) is 6.63. The quantitative estimate of drug-likeness (QED) is 0.407. The van der Waals surface area contributed by atoms with Gasteiger partial charge >= 0.3 is 5.97 Å². The molecular weight excluding hydrogens is 176 g/mol. The van der Waals surface area contributed by atoms with Gasteiger partial charge in [0, 0.05) is 5.57 Å². The molecule has 0 N–H and O–H groups in total. The molecule has 0 aromatic heterocycles. The van der Waals surface area contributed by atoms with Crippen molar-refractivity contribution < 1.29 is 9.53 Å². The number of allylic oxidation sites excluding steroid dienone is 1. The molecule has 2 nitrogen and oxygen atoms in total. The Morgan fingerprint density at radius 3 is 2.36 bits per heavy atom. The molecule has 14 heavy (non-hydrogen) atoms. The maximum absolute atomic E-state index is 11.3. The third-order valence-electron chi connectivity index (χ3n) is 1.99. The number of hydrogen-bond donors (Lipinski definition) is 0. The van der Waals surface area contributed by atoms with Gasteiger partial charge in [0.2, 0.25) is 0 Å². The summed E-state index contributed by atoms with van der Waals surface area (Å²) in [6.45, 7) is 5.53. The second-order valence-corrected chi connectivity index (χ2v) is 3.17. The average molecular weight is 190 g/mol. The Bertz CT molecular complexity index is 347. The zero-order valence-electron chi connectivity index (χ0n) is 8.70. The first-order valence-corrected chi connectivity index (χ1v) is 4.55. The van der Waals surface area contributed by atoms with Crippen LogP contribution >= 0.6 is 0 Å². The number of benzene rings is 1. The maximum Gasteiger partial charge on any atom is 0.338 e. The Kier molecular flexibility index (Phi) is 3.46. The van der Waals surface area contributed by atoms with Crippen LogP contribution in [0.5, 0.6) is 5.75 Å². The summed E-state index contributed by atoms with van der Waals surface area (Å²) in [5.41, 5.74) is 1.76. The Hall–Kier alpha value is -1.57. The molecule has 0 saturated carbocycles. The van der Waals surface area contributed by atoms with E-state index >= 15 is 0 Å². The second-order valence-electron chi connectivity index (χ2n) is 3.17. The van der Waals surface area contributed by atoms with Crippen LogP contribution < -0.4 is 4.74 Å². The van der Waals surface area contributed by atoms with Crippen molar-refractivity contribution in [2.45, 2.75) is 20.8 Å². The van der Waals surface area contributed by atoms with E-state index in [0.29, 0.717) is 11.3 Å². The molecule has 0 amide bonds. The fraction of sp³-hybridized carbons (Fsp3) is 0.250. The van der Waals surface area contributed by atoms with Crippen molar-refractivity contribution in [3.05, 3.63) is 41.5 Å². The molecule has 1 rings (SSSR count). The number of aryl methyl sites for hydroxylation is 1. The van der Waals surface area contributed by atoms with Gasteiger partial charge in [0.05, 0.1) is 0 Å². The summed E-state index contributed by atoms with van der Waals surface area (Å²) in [6, 6.07) is 7.40. The van der Waals surface area contributed by atoms with Crippen LogP contribution in [0.1, 0.15) is 19.4 Å².